The number of hydrogen-bond donors (Lipinski definition) is 6. The minimum absolute atomic E-state index is 0.0439. The Labute approximate surface area is 405 Å². The number of carbonyl (C=O) groups is 5. The van der Waals surface area contributed by atoms with Gasteiger partial charge in [-0.1, -0.05) is 66.2 Å². The first-order valence-corrected chi connectivity index (χ1v) is 21.4. The van der Waals surface area contributed by atoms with Crippen LogP contribution in [0.15, 0.2) is 184 Å². The van der Waals surface area contributed by atoms with Gasteiger partial charge in [-0.25, -0.2) is 9.59 Å². The summed E-state index contributed by atoms with van der Waals surface area (Å²) in [5.74, 6) is -2.14. The summed E-state index contributed by atoms with van der Waals surface area (Å²) >= 11 is 5.96. The Balaban J connectivity index is 0.859. The first kappa shape index (κ1) is 47.9. The Kier molecular flexibility index (Phi) is 14.0. The van der Waals surface area contributed by atoms with Crippen LogP contribution in [0.4, 0.5) is 56.9 Å². The normalized spacial score (nSPS) is 11.6. The molecule has 6 amide bonds. The second-order valence-corrected chi connectivity index (χ2v) is 15.8. The van der Waals surface area contributed by atoms with Crippen molar-refractivity contribution in [2.45, 2.75) is 6.18 Å². The van der Waals surface area contributed by atoms with Gasteiger partial charge in [-0.15, -0.1) is 10.2 Å². The molecule has 15 nitrogen and oxygen atoms in total. The summed E-state index contributed by atoms with van der Waals surface area (Å²) in [6.45, 7) is 0. The van der Waals surface area contributed by atoms with Gasteiger partial charge in [0, 0.05) is 43.9 Å². The Bertz CT molecular complexity index is 3510. The van der Waals surface area contributed by atoms with E-state index in [-0.39, 0.29) is 45.5 Å². The minimum atomic E-state index is -4.62. The van der Waals surface area contributed by atoms with Crippen molar-refractivity contribution in [3.05, 3.63) is 197 Å². The number of carbonyl (C=O) groups excluding carboxylic acids is 5. The van der Waals surface area contributed by atoms with Crippen LogP contribution in [0.25, 0.3) is 27.6 Å². The summed E-state index contributed by atoms with van der Waals surface area (Å²) in [4.78, 5) is 63.6. The molecular formula is C52H34ClF3N8O7. The summed E-state index contributed by atoms with van der Waals surface area (Å²) in [6.07, 6.45) is -1.60. The average Bonchev–Trinajstić information content (AvgIpc) is 3.35. The monoisotopic (exact) mass is 974 g/mol. The molecule has 0 aliphatic carbocycles. The molecule has 71 heavy (non-hydrogen) atoms. The average molecular weight is 975 g/mol. The number of halogens is 4. The van der Waals surface area contributed by atoms with Gasteiger partial charge in [-0.3, -0.25) is 25.0 Å². The van der Waals surface area contributed by atoms with Gasteiger partial charge in [0.05, 0.1) is 16.9 Å². The number of fused-ring (bicyclic) bond motifs is 2. The van der Waals surface area contributed by atoms with Crippen LogP contribution in [0.5, 0.6) is 11.5 Å². The highest BCUT2D eigenvalue weighted by Crippen LogP contribution is 2.38. The number of rotatable bonds is 11. The van der Waals surface area contributed by atoms with Crippen LogP contribution in [0.1, 0.15) is 42.2 Å². The highest BCUT2D eigenvalue weighted by Gasteiger charge is 2.30. The van der Waals surface area contributed by atoms with Crippen molar-refractivity contribution < 1.29 is 47.4 Å². The lowest BCUT2D eigenvalue weighted by Crippen LogP contribution is -2.34. The van der Waals surface area contributed by atoms with Crippen molar-refractivity contribution in [1.29, 1.82) is 0 Å². The van der Waals surface area contributed by atoms with E-state index in [0.29, 0.717) is 54.8 Å². The van der Waals surface area contributed by atoms with Crippen molar-refractivity contribution >= 4 is 103 Å². The summed E-state index contributed by atoms with van der Waals surface area (Å²) in [6, 6.07) is 36.5. The molecular weight excluding hydrogens is 941 g/mol. The Morgan fingerprint density at radius 2 is 1.00 bits per heavy atom. The molecule has 0 spiro atoms. The lowest BCUT2D eigenvalue weighted by atomic mass is 10.0. The SMILES string of the molecule is O=C(NC(=O)c1ccc2c(N=Nc3ccc(C=CC(=O)c4ccc(N=Nc5c(O)ccc6cc(C(=O)NC(=O)Nc7cccc(C(F)(F)F)c7)ccc56)cc4)cc3)c(O)ccc2c1)Nc1cccc(Cl)c1. The standard InChI is InChI=1S/C52H34ClF3N8O7/c53-36-4-2-6-40(28-36)58-51(71)60-49(69)34-13-20-41-31(26-34)14-23-44(66)46(41)63-61-37-16-7-29(8-17-37)9-22-43(65)30-10-18-38(19-11-30)62-64-47-42-21-12-33(25-32(42)15-24-45(47)67)48(68)59-50(70)57-39-5-1-3-35(27-39)52(54,55)56/h1-28,66-67H,(H2,57,59,68,70)(H2,58,60,69,71). The minimum Gasteiger partial charge on any atom is -0.506 e. The van der Waals surface area contributed by atoms with Crippen molar-refractivity contribution in [3.63, 3.8) is 0 Å². The number of benzene rings is 8. The molecule has 0 aliphatic rings. The molecule has 8 aromatic carbocycles. The predicted molar refractivity (Wildman–Crippen MR) is 262 cm³/mol. The van der Waals surface area contributed by atoms with Gasteiger partial charge < -0.3 is 20.8 Å². The van der Waals surface area contributed by atoms with Crippen molar-refractivity contribution in [2.24, 2.45) is 20.5 Å². The van der Waals surface area contributed by atoms with Crippen molar-refractivity contribution in [3.8, 4) is 11.5 Å². The third-order valence-corrected chi connectivity index (χ3v) is 10.7. The zero-order valence-electron chi connectivity index (χ0n) is 36.4. The maximum absolute atomic E-state index is 13.1. The number of allylic oxidation sites excluding steroid dienone is 1. The van der Waals surface area contributed by atoms with E-state index in [4.69, 9.17) is 11.6 Å². The first-order valence-electron chi connectivity index (χ1n) is 21.0. The molecule has 0 heterocycles. The van der Waals surface area contributed by atoms with E-state index in [1.807, 2.05) is 0 Å². The number of phenols is 2. The van der Waals surface area contributed by atoms with Crippen molar-refractivity contribution in [1.82, 2.24) is 10.6 Å². The van der Waals surface area contributed by atoms with Crippen LogP contribution in [0, 0.1) is 0 Å². The first-order chi connectivity index (χ1) is 34.1. The van der Waals surface area contributed by atoms with Crippen LogP contribution in [0.3, 0.4) is 0 Å². The Morgan fingerprint density at radius 3 is 1.51 bits per heavy atom. The summed E-state index contributed by atoms with van der Waals surface area (Å²) in [5, 5.41) is 49.7. The number of aromatic hydroxyl groups is 2. The fraction of sp³-hybridized carbons (Fsp3) is 0.0192. The number of nitrogens with zero attached hydrogens (tertiary/aromatic N) is 4. The molecule has 8 rings (SSSR count). The van der Waals surface area contributed by atoms with Crippen LogP contribution >= 0.6 is 11.6 Å². The number of alkyl halides is 3. The Hall–Kier alpha value is -9.55. The highest BCUT2D eigenvalue weighted by atomic mass is 35.5. The number of phenolic OH excluding ortho intramolecular Hbond substituents is 2. The van der Waals surface area contributed by atoms with E-state index in [1.54, 1.807) is 91.0 Å². The number of nitrogens with one attached hydrogen (secondary N) is 4. The quantitative estimate of drug-likeness (QED) is 0.0417. The van der Waals surface area contributed by atoms with E-state index in [9.17, 15) is 47.4 Å². The zero-order valence-corrected chi connectivity index (χ0v) is 37.2. The molecule has 0 aliphatic heterocycles. The van der Waals surface area contributed by atoms with Gasteiger partial charge in [-0.05, 0) is 132 Å². The maximum atomic E-state index is 13.1. The molecule has 0 fully saturated rings. The molecule has 0 atom stereocenters. The molecule has 0 saturated heterocycles. The number of ketones is 1. The third kappa shape index (κ3) is 12.0. The molecule has 0 saturated carbocycles. The maximum Gasteiger partial charge on any atom is 0.416 e. The molecule has 0 unspecified atom stereocenters. The van der Waals surface area contributed by atoms with Crippen LogP contribution in [0.2, 0.25) is 5.02 Å². The predicted octanol–water partition coefficient (Wildman–Crippen LogP) is 13.7. The van der Waals surface area contributed by atoms with E-state index < -0.39 is 35.6 Å². The largest absolute Gasteiger partial charge is 0.506 e. The topological polar surface area (TPSA) is 223 Å². The van der Waals surface area contributed by atoms with Crippen LogP contribution < -0.4 is 21.3 Å². The van der Waals surface area contributed by atoms with Gasteiger partial charge in [0.15, 0.2) is 5.78 Å². The van der Waals surface area contributed by atoms with Gasteiger partial charge in [0.25, 0.3) is 11.8 Å². The highest BCUT2D eigenvalue weighted by molar-refractivity contribution is 6.31. The second-order valence-electron chi connectivity index (χ2n) is 15.4. The van der Waals surface area contributed by atoms with E-state index in [0.717, 1.165) is 18.2 Å². The molecule has 6 N–H and O–H groups in total. The number of urea groups is 2. The summed E-state index contributed by atoms with van der Waals surface area (Å²) in [5.41, 5.74) is 1.60. The van der Waals surface area contributed by atoms with Gasteiger partial charge in [0.2, 0.25) is 0 Å². The van der Waals surface area contributed by atoms with E-state index >= 15 is 0 Å². The van der Waals surface area contributed by atoms with Gasteiger partial charge >= 0.3 is 18.2 Å². The molecule has 8 aromatic rings. The molecule has 352 valence electrons. The number of hydrogen-bond acceptors (Lipinski definition) is 11. The van der Waals surface area contributed by atoms with Crippen LogP contribution in [-0.2, 0) is 6.18 Å². The Morgan fingerprint density at radius 1 is 0.521 bits per heavy atom. The van der Waals surface area contributed by atoms with Crippen LogP contribution in [-0.4, -0.2) is 39.9 Å². The number of azo groups is 2. The number of imide groups is 2. The van der Waals surface area contributed by atoms with Gasteiger partial charge in [0.1, 0.15) is 22.9 Å². The van der Waals surface area contributed by atoms with E-state index in [1.165, 1.54) is 60.7 Å². The zero-order chi connectivity index (χ0) is 50.2. The number of amides is 6. The number of anilines is 2. The second kappa shape index (κ2) is 20.8. The summed E-state index contributed by atoms with van der Waals surface area (Å²) < 4.78 is 39.2. The lowest BCUT2D eigenvalue weighted by molar-refractivity contribution is -0.137. The summed E-state index contributed by atoms with van der Waals surface area (Å²) in [7, 11) is 0. The molecule has 19 heteroatoms. The molecule has 0 bridgehead atoms. The van der Waals surface area contributed by atoms with Gasteiger partial charge in [-0.2, -0.15) is 23.4 Å². The molecule has 0 aromatic heterocycles. The fourth-order valence-electron chi connectivity index (χ4n) is 6.94. The van der Waals surface area contributed by atoms with E-state index in [2.05, 4.69) is 41.7 Å². The van der Waals surface area contributed by atoms with Crippen molar-refractivity contribution in [2.75, 3.05) is 10.6 Å². The molecule has 0 radical (unpaired) electrons. The fourth-order valence-corrected chi connectivity index (χ4v) is 7.13. The third-order valence-electron chi connectivity index (χ3n) is 10.5. The smallest absolute Gasteiger partial charge is 0.416 e. The lowest BCUT2D eigenvalue weighted by Gasteiger charge is -2.11.